The van der Waals surface area contributed by atoms with Crippen molar-refractivity contribution in [1.82, 2.24) is 19.7 Å². The largest absolute Gasteiger partial charge is 0.370 e. The fraction of sp³-hybridized carbons (Fsp3) is 0.200. The summed E-state index contributed by atoms with van der Waals surface area (Å²) in [6.45, 7) is 2.33. The van der Waals surface area contributed by atoms with E-state index in [0.717, 1.165) is 35.6 Å². The van der Waals surface area contributed by atoms with Crippen LogP contribution in [0, 0.1) is 0 Å². The minimum atomic E-state index is 0.613. The van der Waals surface area contributed by atoms with Gasteiger partial charge in [-0.3, -0.25) is 9.67 Å². The molecule has 0 saturated carbocycles. The zero-order valence-electron chi connectivity index (χ0n) is 11.3. The third-order valence-corrected chi connectivity index (χ3v) is 3.90. The zero-order chi connectivity index (χ0) is 14.2. The summed E-state index contributed by atoms with van der Waals surface area (Å²) in [5.74, 6) is 1.84. The highest BCUT2D eigenvalue weighted by atomic mass is 35.5. The monoisotopic (exact) mass is 299 g/mol. The molecule has 6 heteroatoms. The molecular formula is C15H14ClN5. The summed E-state index contributed by atoms with van der Waals surface area (Å²) in [6, 6.07) is 9.86. The van der Waals surface area contributed by atoms with E-state index in [2.05, 4.69) is 10.3 Å². The number of aliphatic imine (C=N–C) groups is 1. The van der Waals surface area contributed by atoms with Crippen molar-refractivity contribution in [3.63, 3.8) is 0 Å². The van der Waals surface area contributed by atoms with E-state index >= 15 is 0 Å². The number of hydrogen-bond donors (Lipinski definition) is 1. The summed E-state index contributed by atoms with van der Waals surface area (Å²) in [7, 11) is 0. The first-order valence-electron chi connectivity index (χ1n) is 6.88. The molecule has 1 aliphatic rings. The van der Waals surface area contributed by atoms with Crippen LogP contribution in [-0.2, 0) is 6.54 Å². The fourth-order valence-corrected chi connectivity index (χ4v) is 2.92. The molecule has 0 unspecified atom stereocenters. The Balaban J connectivity index is 1.90. The van der Waals surface area contributed by atoms with Gasteiger partial charge in [0.2, 0.25) is 0 Å². The molecule has 1 aromatic carbocycles. The minimum absolute atomic E-state index is 0.613. The van der Waals surface area contributed by atoms with E-state index in [1.165, 1.54) is 0 Å². The Bertz CT molecular complexity index is 816. The molecule has 5 nitrogen and oxygen atoms in total. The predicted octanol–water partition coefficient (Wildman–Crippen LogP) is 2.48. The fourth-order valence-electron chi connectivity index (χ4n) is 2.65. The molecule has 0 atom stereocenters. The van der Waals surface area contributed by atoms with Gasteiger partial charge in [-0.05, 0) is 24.3 Å². The van der Waals surface area contributed by atoms with Crippen molar-refractivity contribution >= 4 is 28.3 Å². The van der Waals surface area contributed by atoms with Crippen molar-refractivity contribution in [1.29, 1.82) is 0 Å². The Kier molecular flexibility index (Phi) is 2.93. The van der Waals surface area contributed by atoms with Crippen LogP contribution in [0.2, 0.25) is 5.02 Å². The summed E-state index contributed by atoms with van der Waals surface area (Å²) < 4.78 is 3.92. The van der Waals surface area contributed by atoms with Crippen LogP contribution < -0.4 is 5.32 Å². The summed E-state index contributed by atoms with van der Waals surface area (Å²) in [4.78, 5) is 4.43. The van der Waals surface area contributed by atoms with E-state index < -0.39 is 0 Å². The summed E-state index contributed by atoms with van der Waals surface area (Å²) >= 11 is 6.39. The standard InChI is InChI=1S/C15H14ClN5/c16-12-5-3-4-11-14(12)21(10-13-17-6-7-18-13)19-15(11)20-8-1-2-9-20/h1-5,8-9H,6-7,10H2,(H,17,18). The summed E-state index contributed by atoms with van der Waals surface area (Å²) in [6.07, 6.45) is 3.97. The first-order valence-corrected chi connectivity index (χ1v) is 7.26. The lowest BCUT2D eigenvalue weighted by molar-refractivity contribution is 0.726. The molecule has 4 rings (SSSR count). The molecule has 0 amide bonds. The molecule has 3 heterocycles. The van der Waals surface area contributed by atoms with Crippen LogP contribution in [0.3, 0.4) is 0 Å². The van der Waals surface area contributed by atoms with E-state index in [4.69, 9.17) is 16.7 Å². The van der Waals surface area contributed by atoms with Crippen LogP contribution in [-0.4, -0.2) is 33.3 Å². The van der Waals surface area contributed by atoms with Crippen LogP contribution in [0.25, 0.3) is 16.7 Å². The van der Waals surface area contributed by atoms with Gasteiger partial charge >= 0.3 is 0 Å². The van der Waals surface area contributed by atoms with Crippen molar-refractivity contribution in [2.75, 3.05) is 13.1 Å². The van der Waals surface area contributed by atoms with Gasteiger partial charge in [-0.25, -0.2) is 0 Å². The van der Waals surface area contributed by atoms with Gasteiger partial charge in [0.15, 0.2) is 5.82 Å². The number of rotatable bonds is 3. The van der Waals surface area contributed by atoms with Crippen molar-refractivity contribution in [2.45, 2.75) is 6.54 Å². The number of hydrogen-bond acceptors (Lipinski definition) is 3. The normalized spacial score (nSPS) is 14.4. The van der Waals surface area contributed by atoms with Crippen molar-refractivity contribution in [3.8, 4) is 5.82 Å². The van der Waals surface area contributed by atoms with Crippen LogP contribution in [0.15, 0.2) is 47.7 Å². The molecule has 1 aliphatic heterocycles. The van der Waals surface area contributed by atoms with Crippen LogP contribution in [0.5, 0.6) is 0 Å². The van der Waals surface area contributed by atoms with E-state index in [1.807, 2.05) is 52.0 Å². The molecule has 0 radical (unpaired) electrons. The number of nitrogens with zero attached hydrogens (tertiary/aromatic N) is 4. The van der Waals surface area contributed by atoms with Gasteiger partial charge in [-0.1, -0.05) is 17.7 Å². The third kappa shape index (κ3) is 2.10. The molecule has 1 N–H and O–H groups in total. The second-order valence-corrected chi connectivity index (χ2v) is 5.37. The van der Waals surface area contributed by atoms with Gasteiger partial charge in [0, 0.05) is 24.3 Å². The topological polar surface area (TPSA) is 47.1 Å². The van der Waals surface area contributed by atoms with E-state index in [-0.39, 0.29) is 0 Å². The van der Waals surface area contributed by atoms with Crippen LogP contribution in [0.1, 0.15) is 0 Å². The summed E-state index contributed by atoms with van der Waals surface area (Å²) in [5.41, 5.74) is 0.944. The number of aromatic nitrogens is 3. The lowest BCUT2D eigenvalue weighted by atomic mass is 10.2. The maximum atomic E-state index is 6.39. The van der Waals surface area contributed by atoms with Crippen molar-refractivity contribution < 1.29 is 0 Å². The molecule has 0 fully saturated rings. The minimum Gasteiger partial charge on any atom is -0.370 e. The van der Waals surface area contributed by atoms with Crippen LogP contribution >= 0.6 is 11.6 Å². The quantitative estimate of drug-likeness (QED) is 0.807. The highest BCUT2D eigenvalue weighted by molar-refractivity contribution is 6.35. The Morgan fingerprint density at radius 2 is 2.05 bits per heavy atom. The maximum Gasteiger partial charge on any atom is 0.166 e. The first-order chi connectivity index (χ1) is 10.3. The average molecular weight is 300 g/mol. The number of benzene rings is 1. The predicted molar refractivity (Wildman–Crippen MR) is 84.4 cm³/mol. The van der Waals surface area contributed by atoms with Gasteiger partial charge in [0.25, 0.3) is 0 Å². The zero-order valence-corrected chi connectivity index (χ0v) is 12.1. The molecular weight excluding hydrogens is 286 g/mol. The highest BCUT2D eigenvalue weighted by Crippen LogP contribution is 2.28. The lowest BCUT2D eigenvalue weighted by Gasteiger charge is -2.05. The Morgan fingerprint density at radius 1 is 1.19 bits per heavy atom. The molecule has 0 aliphatic carbocycles. The molecule has 0 saturated heterocycles. The van der Waals surface area contributed by atoms with Gasteiger partial charge in [0.1, 0.15) is 5.84 Å². The number of para-hydroxylation sites is 1. The Labute approximate surface area is 126 Å². The first kappa shape index (κ1) is 12.5. The van der Waals surface area contributed by atoms with Gasteiger partial charge < -0.3 is 9.88 Å². The van der Waals surface area contributed by atoms with Crippen molar-refractivity contribution in [2.24, 2.45) is 4.99 Å². The van der Waals surface area contributed by atoms with E-state index in [1.54, 1.807) is 0 Å². The van der Waals surface area contributed by atoms with Crippen molar-refractivity contribution in [3.05, 3.63) is 47.7 Å². The van der Waals surface area contributed by atoms with Gasteiger partial charge in [-0.15, -0.1) is 0 Å². The smallest absolute Gasteiger partial charge is 0.166 e. The molecule has 0 spiro atoms. The second kappa shape index (κ2) is 4.93. The van der Waals surface area contributed by atoms with Gasteiger partial charge in [-0.2, -0.15) is 5.10 Å². The third-order valence-electron chi connectivity index (χ3n) is 3.59. The number of fused-ring (bicyclic) bond motifs is 1. The Hall–Kier alpha value is -2.27. The Morgan fingerprint density at radius 3 is 2.81 bits per heavy atom. The molecule has 3 aromatic rings. The number of nitrogens with one attached hydrogen (secondary N) is 1. The van der Waals surface area contributed by atoms with E-state index in [0.29, 0.717) is 11.6 Å². The molecule has 2 aromatic heterocycles. The molecule has 0 bridgehead atoms. The number of amidine groups is 1. The molecule has 21 heavy (non-hydrogen) atoms. The summed E-state index contributed by atoms with van der Waals surface area (Å²) in [5, 5.41) is 9.75. The van der Waals surface area contributed by atoms with Gasteiger partial charge in [0.05, 0.1) is 23.6 Å². The van der Waals surface area contributed by atoms with Crippen LogP contribution in [0.4, 0.5) is 0 Å². The maximum absolute atomic E-state index is 6.39. The lowest BCUT2D eigenvalue weighted by Crippen LogP contribution is -2.24. The highest BCUT2D eigenvalue weighted by Gasteiger charge is 2.16. The molecule has 106 valence electrons. The average Bonchev–Trinajstić information content (AvgIpc) is 3.19. The number of halogens is 1. The second-order valence-electron chi connectivity index (χ2n) is 4.96. The van der Waals surface area contributed by atoms with E-state index in [9.17, 15) is 0 Å². The SMILES string of the molecule is Clc1cccc2c(-n3cccc3)nn(CC3=NCCN3)c12.